The van der Waals surface area contributed by atoms with Crippen molar-refractivity contribution < 1.29 is 9.32 Å². The molecule has 1 fully saturated rings. The molecule has 0 N–H and O–H groups in total. The van der Waals surface area contributed by atoms with Gasteiger partial charge >= 0.3 is 0 Å². The number of carbonyl (C=O) groups is 1. The summed E-state index contributed by atoms with van der Waals surface area (Å²) < 4.78 is 5.32. The van der Waals surface area contributed by atoms with Crippen molar-refractivity contribution in [1.82, 2.24) is 15.0 Å². The second-order valence-electron chi connectivity index (χ2n) is 5.16. The van der Waals surface area contributed by atoms with Crippen molar-refractivity contribution >= 4 is 5.78 Å². The predicted octanol–water partition coefficient (Wildman–Crippen LogP) is 2.18. The van der Waals surface area contributed by atoms with E-state index in [1.165, 1.54) is 0 Å². The summed E-state index contributed by atoms with van der Waals surface area (Å²) in [6, 6.07) is 0. The van der Waals surface area contributed by atoms with Gasteiger partial charge in [-0.05, 0) is 25.9 Å². The predicted molar refractivity (Wildman–Crippen MR) is 72.0 cm³/mol. The van der Waals surface area contributed by atoms with Gasteiger partial charge in [0.25, 0.3) is 0 Å². The number of ketones is 1. The van der Waals surface area contributed by atoms with E-state index in [1.807, 2.05) is 0 Å². The monoisotopic (exact) mass is 265 g/mol. The van der Waals surface area contributed by atoms with Gasteiger partial charge in [0.15, 0.2) is 5.82 Å². The summed E-state index contributed by atoms with van der Waals surface area (Å²) in [7, 11) is 0. The van der Waals surface area contributed by atoms with Crippen LogP contribution in [0.1, 0.15) is 57.2 Å². The zero-order valence-electron chi connectivity index (χ0n) is 11.9. The topological polar surface area (TPSA) is 59.2 Å². The molecule has 1 aliphatic rings. The van der Waals surface area contributed by atoms with Crippen molar-refractivity contribution in [2.45, 2.75) is 51.9 Å². The molecule has 1 aromatic rings. The summed E-state index contributed by atoms with van der Waals surface area (Å²) >= 11 is 0. The van der Waals surface area contributed by atoms with Crippen LogP contribution in [-0.4, -0.2) is 40.5 Å². The molecular formula is C14H23N3O2. The molecule has 0 radical (unpaired) electrons. The molecule has 106 valence electrons. The Morgan fingerprint density at radius 3 is 2.84 bits per heavy atom. The van der Waals surface area contributed by atoms with Crippen LogP contribution in [0, 0.1) is 0 Å². The third kappa shape index (κ3) is 3.86. The first kappa shape index (κ1) is 14.2. The number of likely N-dealkylation sites (N-methyl/N-ethyl adjacent to an activating group) is 1. The molecule has 0 amide bonds. The van der Waals surface area contributed by atoms with Crippen LogP contribution in [0.2, 0.25) is 0 Å². The Labute approximate surface area is 114 Å². The number of hydrogen-bond acceptors (Lipinski definition) is 5. The lowest BCUT2D eigenvalue weighted by molar-refractivity contribution is -0.120. The summed E-state index contributed by atoms with van der Waals surface area (Å²) in [6.07, 6.45) is 4.02. The number of hydrogen-bond donors (Lipinski definition) is 0. The van der Waals surface area contributed by atoms with Crippen LogP contribution in [0.4, 0.5) is 0 Å². The molecule has 0 spiro atoms. The third-order valence-electron chi connectivity index (χ3n) is 3.86. The molecule has 0 aliphatic heterocycles. The van der Waals surface area contributed by atoms with E-state index in [0.29, 0.717) is 24.5 Å². The normalized spacial score (nSPS) is 20.2. The Balaban J connectivity index is 1.89. The molecule has 5 nitrogen and oxygen atoms in total. The van der Waals surface area contributed by atoms with Crippen molar-refractivity contribution in [1.29, 1.82) is 0 Å². The van der Waals surface area contributed by atoms with Crippen LogP contribution in [0.25, 0.3) is 0 Å². The van der Waals surface area contributed by atoms with Gasteiger partial charge in [0.2, 0.25) is 5.89 Å². The molecule has 0 aromatic carbocycles. The lowest BCUT2D eigenvalue weighted by Crippen LogP contribution is -2.25. The maximum Gasteiger partial charge on any atom is 0.230 e. The fourth-order valence-electron chi connectivity index (χ4n) is 2.57. The number of nitrogens with zero attached hydrogens (tertiary/aromatic N) is 3. The van der Waals surface area contributed by atoms with Crippen LogP contribution in [-0.2, 0) is 11.2 Å². The summed E-state index contributed by atoms with van der Waals surface area (Å²) in [4.78, 5) is 18.2. The van der Waals surface area contributed by atoms with E-state index in [-0.39, 0.29) is 5.92 Å². The van der Waals surface area contributed by atoms with Gasteiger partial charge < -0.3 is 9.42 Å². The lowest BCUT2D eigenvalue weighted by atomic mass is 9.88. The van der Waals surface area contributed by atoms with Crippen LogP contribution in [0.3, 0.4) is 0 Å². The van der Waals surface area contributed by atoms with E-state index in [9.17, 15) is 4.79 Å². The SMILES string of the molecule is CCN(CC)CCc1noc(C2CCCC(=O)C2)n1. The summed E-state index contributed by atoms with van der Waals surface area (Å²) in [5, 5.41) is 4.03. The minimum absolute atomic E-state index is 0.149. The number of rotatable bonds is 6. The minimum Gasteiger partial charge on any atom is -0.339 e. The molecule has 1 unspecified atom stereocenters. The Kier molecular flexibility index (Phi) is 5.07. The fraction of sp³-hybridized carbons (Fsp3) is 0.786. The molecule has 0 saturated heterocycles. The van der Waals surface area contributed by atoms with Gasteiger partial charge in [-0.25, -0.2) is 0 Å². The molecule has 1 aliphatic carbocycles. The van der Waals surface area contributed by atoms with Gasteiger partial charge in [0.05, 0.1) is 0 Å². The largest absolute Gasteiger partial charge is 0.339 e. The third-order valence-corrected chi connectivity index (χ3v) is 3.86. The standard InChI is InChI=1S/C14H23N3O2/c1-3-17(4-2)9-8-13-15-14(19-16-13)11-6-5-7-12(18)10-11/h11H,3-10H2,1-2H3. The van der Waals surface area contributed by atoms with E-state index in [1.54, 1.807) is 0 Å². The molecule has 1 atom stereocenters. The Morgan fingerprint density at radius 1 is 1.37 bits per heavy atom. The average molecular weight is 265 g/mol. The maximum atomic E-state index is 11.4. The quantitative estimate of drug-likeness (QED) is 0.789. The first-order valence-electron chi connectivity index (χ1n) is 7.29. The molecular weight excluding hydrogens is 242 g/mol. The number of Topliss-reactive ketones (excluding diaryl/α,β-unsaturated/α-hetero) is 1. The van der Waals surface area contributed by atoms with Crippen LogP contribution < -0.4 is 0 Å². The van der Waals surface area contributed by atoms with Crippen LogP contribution >= 0.6 is 0 Å². The van der Waals surface area contributed by atoms with E-state index in [4.69, 9.17) is 4.52 Å². The molecule has 5 heteroatoms. The summed E-state index contributed by atoms with van der Waals surface area (Å²) in [5.41, 5.74) is 0. The van der Waals surface area contributed by atoms with E-state index in [2.05, 4.69) is 28.9 Å². The highest BCUT2D eigenvalue weighted by molar-refractivity contribution is 5.79. The molecule has 1 aromatic heterocycles. The van der Waals surface area contributed by atoms with Crippen LogP contribution in [0.15, 0.2) is 4.52 Å². The molecule has 1 saturated carbocycles. The van der Waals surface area contributed by atoms with Crippen molar-refractivity contribution in [3.63, 3.8) is 0 Å². The second-order valence-corrected chi connectivity index (χ2v) is 5.16. The molecule has 0 bridgehead atoms. The first-order valence-corrected chi connectivity index (χ1v) is 7.29. The lowest BCUT2D eigenvalue weighted by Gasteiger charge is -2.16. The highest BCUT2D eigenvalue weighted by atomic mass is 16.5. The highest BCUT2D eigenvalue weighted by Gasteiger charge is 2.25. The van der Waals surface area contributed by atoms with Crippen molar-refractivity contribution in [3.05, 3.63) is 11.7 Å². The average Bonchev–Trinajstić information content (AvgIpc) is 2.89. The highest BCUT2D eigenvalue weighted by Crippen LogP contribution is 2.29. The van der Waals surface area contributed by atoms with Crippen LogP contribution in [0.5, 0.6) is 0 Å². The first-order chi connectivity index (χ1) is 9.22. The second kappa shape index (κ2) is 6.80. The zero-order chi connectivity index (χ0) is 13.7. The Morgan fingerprint density at radius 2 is 2.16 bits per heavy atom. The van der Waals surface area contributed by atoms with Gasteiger partial charge in [-0.2, -0.15) is 4.98 Å². The Bertz CT molecular complexity index is 413. The van der Waals surface area contributed by atoms with Gasteiger partial charge in [-0.15, -0.1) is 0 Å². The molecule has 1 heterocycles. The summed E-state index contributed by atoms with van der Waals surface area (Å²) in [5.74, 6) is 1.89. The van der Waals surface area contributed by atoms with Gasteiger partial charge in [0, 0.05) is 31.7 Å². The van der Waals surface area contributed by atoms with Crippen molar-refractivity contribution in [3.8, 4) is 0 Å². The van der Waals surface area contributed by atoms with E-state index >= 15 is 0 Å². The number of aromatic nitrogens is 2. The zero-order valence-corrected chi connectivity index (χ0v) is 11.9. The van der Waals surface area contributed by atoms with E-state index in [0.717, 1.165) is 44.7 Å². The Hall–Kier alpha value is -1.23. The maximum absolute atomic E-state index is 11.4. The molecule has 2 rings (SSSR count). The van der Waals surface area contributed by atoms with E-state index < -0.39 is 0 Å². The van der Waals surface area contributed by atoms with Crippen molar-refractivity contribution in [2.75, 3.05) is 19.6 Å². The summed E-state index contributed by atoms with van der Waals surface area (Å²) in [6.45, 7) is 7.34. The van der Waals surface area contributed by atoms with Gasteiger partial charge in [-0.3, -0.25) is 4.79 Å². The van der Waals surface area contributed by atoms with Gasteiger partial charge in [0.1, 0.15) is 5.78 Å². The van der Waals surface area contributed by atoms with Gasteiger partial charge in [-0.1, -0.05) is 19.0 Å². The fourth-order valence-corrected chi connectivity index (χ4v) is 2.57. The molecule has 19 heavy (non-hydrogen) atoms. The number of carbonyl (C=O) groups excluding carboxylic acids is 1. The van der Waals surface area contributed by atoms with Crippen molar-refractivity contribution in [2.24, 2.45) is 0 Å². The minimum atomic E-state index is 0.149. The smallest absolute Gasteiger partial charge is 0.230 e.